The summed E-state index contributed by atoms with van der Waals surface area (Å²) < 4.78 is 18.0. The fraction of sp³-hybridized carbons (Fsp3) is 0.188. The molecule has 0 aromatic heterocycles. The highest BCUT2D eigenvalue weighted by Crippen LogP contribution is 2.11. The van der Waals surface area contributed by atoms with Crippen molar-refractivity contribution in [3.8, 4) is 5.75 Å². The van der Waals surface area contributed by atoms with Gasteiger partial charge in [0, 0.05) is 6.54 Å². The summed E-state index contributed by atoms with van der Waals surface area (Å²) in [6.07, 6.45) is 0.268. The number of ether oxygens (including phenoxy) is 1. The van der Waals surface area contributed by atoms with Gasteiger partial charge in [0.2, 0.25) is 5.91 Å². The van der Waals surface area contributed by atoms with E-state index < -0.39 is 0 Å². The largest absolute Gasteiger partial charge is 0.493 e. The van der Waals surface area contributed by atoms with E-state index >= 15 is 0 Å². The topological polar surface area (TPSA) is 38.3 Å². The van der Waals surface area contributed by atoms with Crippen molar-refractivity contribution in [1.29, 1.82) is 0 Å². The molecule has 0 aliphatic heterocycles. The van der Waals surface area contributed by atoms with Gasteiger partial charge in [0.1, 0.15) is 11.6 Å². The van der Waals surface area contributed by atoms with E-state index in [9.17, 15) is 9.18 Å². The van der Waals surface area contributed by atoms with Crippen LogP contribution in [0.15, 0.2) is 54.6 Å². The second kappa shape index (κ2) is 7.28. The molecule has 0 aliphatic rings. The fourth-order valence-corrected chi connectivity index (χ4v) is 1.68. The van der Waals surface area contributed by atoms with E-state index in [-0.39, 0.29) is 24.8 Å². The van der Waals surface area contributed by atoms with Crippen LogP contribution in [0.1, 0.15) is 12.0 Å². The molecule has 104 valence electrons. The van der Waals surface area contributed by atoms with Gasteiger partial charge in [-0.2, -0.15) is 0 Å². The first kappa shape index (κ1) is 14.1. The van der Waals surface area contributed by atoms with Gasteiger partial charge in [0.25, 0.3) is 0 Å². The lowest BCUT2D eigenvalue weighted by Gasteiger charge is -2.07. The summed E-state index contributed by atoms with van der Waals surface area (Å²) in [6.45, 7) is 0.780. The zero-order valence-corrected chi connectivity index (χ0v) is 11.0. The summed E-state index contributed by atoms with van der Waals surface area (Å²) in [5.74, 6) is 0.177. The van der Waals surface area contributed by atoms with Crippen molar-refractivity contribution in [2.75, 3.05) is 6.61 Å². The van der Waals surface area contributed by atoms with Crippen LogP contribution in [0.25, 0.3) is 0 Å². The van der Waals surface area contributed by atoms with E-state index in [1.165, 1.54) is 24.3 Å². The average Bonchev–Trinajstić information content (AvgIpc) is 2.48. The van der Waals surface area contributed by atoms with Crippen molar-refractivity contribution in [3.05, 3.63) is 66.0 Å². The highest BCUT2D eigenvalue weighted by Gasteiger charge is 2.02. The molecule has 20 heavy (non-hydrogen) atoms. The quantitative estimate of drug-likeness (QED) is 0.878. The minimum atomic E-state index is -0.307. The second-order valence-electron chi connectivity index (χ2n) is 4.31. The zero-order chi connectivity index (χ0) is 14.2. The van der Waals surface area contributed by atoms with Crippen molar-refractivity contribution in [2.45, 2.75) is 13.0 Å². The van der Waals surface area contributed by atoms with Gasteiger partial charge >= 0.3 is 0 Å². The number of halogens is 1. The first-order valence-electron chi connectivity index (χ1n) is 6.43. The summed E-state index contributed by atoms with van der Waals surface area (Å²) in [5, 5.41) is 2.82. The molecule has 0 heterocycles. The summed E-state index contributed by atoms with van der Waals surface area (Å²) in [5.41, 5.74) is 1.06. The van der Waals surface area contributed by atoms with Crippen LogP contribution in [-0.4, -0.2) is 12.5 Å². The van der Waals surface area contributed by atoms with Crippen molar-refractivity contribution in [2.24, 2.45) is 0 Å². The molecule has 2 rings (SSSR count). The van der Waals surface area contributed by atoms with E-state index in [2.05, 4.69) is 5.32 Å². The Morgan fingerprint density at radius 1 is 1.05 bits per heavy atom. The second-order valence-corrected chi connectivity index (χ2v) is 4.31. The Morgan fingerprint density at radius 2 is 1.75 bits per heavy atom. The third-order valence-corrected chi connectivity index (χ3v) is 2.74. The van der Waals surface area contributed by atoms with E-state index in [1.807, 2.05) is 30.3 Å². The fourth-order valence-electron chi connectivity index (χ4n) is 1.68. The minimum absolute atomic E-state index is 0.0732. The van der Waals surface area contributed by atoms with Crippen LogP contribution in [0.2, 0.25) is 0 Å². The van der Waals surface area contributed by atoms with Gasteiger partial charge in [0.05, 0.1) is 13.0 Å². The van der Waals surface area contributed by atoms with Gasteiger partial charge in [0.15, 0.2) is 0 Å². The Hall–Kier alpha value is -2.36. The van der Waals surface area contributed by atoms with Crippen molar-refractivity contribution < 1.29 is 13.9 Å². The number of amides is 1. The van der Waals surface area contributed by atoms with E-state index in [4.69, 9.17) is 4.74 Å². The average molecular weight is 273 g/mol. The molecule has 2 aromatic carbocycles. The molecule has 0 aliphatic carbocycles. The molecular formula is C16H16FNO2. The number of nitrogens with one attached hydrogen (secondary N) is 1. The highest BCUT2D eigenvalue weighted by molar-refractivity contribution is 5.75. The molecule has 0 bridgehead atoms. The smallest absolute Gasteiger partial charge is 0.223 e. The summed E-state index contributed by atoms with van der Waals surface area (Å²) in [7, 11) is 0. The Labute approximate surface area is 117 Å². The molecule has 0 unspecified atom stereocenters. The highest BCUT2D eigenvalue weighted by atomic mass is 19.1. The van der Waals surface area contributed by atoms with Crippen LogP contribution in [0.3, 0.4) is 0 Å². The Bertz CT molecular complexity index is 540. The molecule has 0 fully saturated rings. The van der Waals surface area contributed by atoms with Gasteiger partial charge in [-0.3, -0.25) is 4.79 Å². The molecule has 0 spiro atoms. The molecule has 0 saturated heterocycles. The summed E-state index contributed by atoms with van der Waals surface area (Å²) >= 11 is 0. The van der Waals surface area contributed by atoms with E-state index in [0.29, 0.717) is 12.3 Å². The van der Waals surface area contributed by atoms with Crippen molar-refractivity contribution in [3.63, 3.8) is 0 Å². The summed E-state index contributed by atoms with van der Waals surface area (Å²) in [6, 6.07) is 15.4. The number of hydrogen-bond acceptors (Lipinski definition) is 2. The molecule has 2 aromatic rings. The third-order valence-electron chi connectivity index (χ3n) is 2.74. The zero-order valence-electron chi connectivity index (χ0n) is 11.0. The maximum absolute atomic E-state index is 12.7. The standard InChI is InChI=1S/C16H16FNO2/c17-14-6-8-15(9-7-14)20-11-10-16(19)18-12-13-4-2-1-3-5-13/h1-9H,10-12H2,(H,18,19). The molecule has 0 radical (unpaired) electrons. The van der Waals surface area contributed by atoms with Crippen LogP contribution < -0.4 is 10.1 Å². The lowest BCUT2D eigenvalue weighted by molar-refractivity contribution is -0.121. The van der Waals surface area contributed by atoms with Crippen LogP contribution in [0, 0.1) is 5.82 Å². The van der Waals surface area contributed by atoms with E-state index in [1.54, 1.807) is 0 Å². The maximum Gasteiger partial charge on any atom is 0.223 e. The SMILES string of the molecule is O=C(CCOc1ccc(F)cc1)NCc1ccccc1. The normalized spacial score (nSPS) is 10.1. The molecular weight excluding hydrogens is 257 g/mol. The number of carbonyl (C=O) groups excluding carboxylic acids is 1. The monoisotopic (exact) mass is 273 g/mol. The number of hydrogen-bond donors (Lipinski definition) is 1. The van der Waals surface area contributed by atoms with Gasteiger partial charge < -0.3 is 10.1 Å². The van der Waals surface area contributed by atoms with Crippen LogP contribution in [0.4, 0.5) is 4.39 Å². The lowest BCUT2D eigenvalue weighted by atomic mass is 10.2. The van der Waals surface area contributed by atoms with Crippen LogP contribution in [-0.2, 0) is 11.3 Å². The minimum Gasteiger partial charge on any atom is -0.493 e. The summed E-state index contributed by atoms with van der Waals surface area (Å²) in [4.78, 5) is 11.6. The van der Waals surface area contributed by atoms with Gasteiger partial charge in [-0.25, -0.2) is 4.39 Å². The number of rotatable bonds is 6. The van der Waals surface area contributed by atoms with Crippen molar-refractivity contribution in [1.82, 2.24) is 5.32 Å². The predicted octanol–water partition coefficient (Wildman–Crippen LogP) is 2.91. The van der Waals surface area contributed by atoms with Crippen molar-refractivity contribution >= 4 is 5.91 Å². The Balaban J connectivity index is 1.66. The molecule has 1 N–H and O–H groups in total. The van der Waals surface area contributed by atoms with Gasteiger partial charge in [-0.05, 0) is 29.8 Å². The number of carbonyl (C=O) groups is 1. The molecule has 3 nitrogen and oxygen atoms in total. The first-order valence-corrected chi connectivity index (χ1v) is 6.43. The van der Waals surface area contributed by atoms with E-state index in [0.717, 1.165) is 5.56 Å². The number of benzene rings is 2. The van der Waals surface area contributed by atoms with Gasteiger partial charge in [-0.15, -0.1) is 0 Å². The maximum atomic E-state index is 12.7. The third kappa shape index (κ3) is 4.72. The molecule has 0 atom stereocenters. The molecule has 4 heteroatoms. The molecule has 1 amide bonds. The predicted molar refractivity (Wildman–Crippen MR) is 74.8 cm³/mol. The Kier molecular flexibility index (Phi) is 5.12. The Morgan fingerprint density at radius 3 is 2.45 bits per heavy atom. The van der Waals surface area contributed by atoms with Crippen LogP contribution in [0.5, 0.6) is 5.75 Å². The first-order chi connectivity index (χ1) is 9.74. The van der Waals surface area contributed by atoms with Gasteiger partial charge in [-0.1, -0.05) is 30.3 Å². The lowest BCUT2D eigenvalue weighted by Crippen LogP contribution is -2.24. The molecule has 0 saturated carbocycles. The van der Waals surface area contributed by atoms with Crippen LogP contribution >= 0.6 is 0 Å².